The number of alkyl halides is 3. The van der Waals surface area contributed by atoms with Gasteiger partial charge in [0.1, 0.15) is 12.6 Å². The maximum Gasteiger partial charge on any atom is 0.406 e. The lowest BCUT2D eigenvalue weighted by Crippen LogP contribution is -2.45. The van der Waals surface area contributed by atoms with Crippen LogP contribution in [0.5, 0.6) is 0 Å². The summed E-state index contributed by atoms with van der Waals surface area (Å²) < 4.78 is 37.1. The molecule has 1 aromatic heterocycles. The molecule has 0 N–H and O–H groups in total. The fourth-order valence-corrected chi connectivity index (χ4v) is 2.43. The molecule has 0 aliphatic carbocycles. The van der Waals surface area contributed by atoms with E-state index in [0.717, 1.165) is 4.90 Å². The molecule has 2 rings (SSSR count). The molecule has 0 spiro atoms. The number of carbonyl (C=O) groups excluding carboxylic acids is 2. The number of halogens is 3. The van der Waals surface area contributed by atoms with Crippen LogP contribution >= 0.6 is 0 Å². The van der Waals surface area contributed by atoms with Gasteiger partial charge in [0.15, 0.2) is 0 Å². The minimum atomic E-state index is -4.43. The second-order valence-electron chi connectivity index (χ2n) is 5.22. The number of likely N-dealkylation sites (tertiary alicyclic amines) is 1. The zero-order valence-electron chi connectivity index (χ0n) is 12.0. The van der Waals surface area contributed by atoms with Gasteiger partial charge in [-0.15, -0.1) is 0 Å². The molecule has 5 nitrogen and oxygen atoms in total. The number of hydrogen-bond donors (Lipinski definition) is 0. The molecule has 2 heterocycles. The van der Waals surface area contributed by atoms with Crippen LogP contribution in [0.3, 0.4) is 0 Å². The molecule has 1 saturated heterocycles. The van der Waals surface area contributed by atoms with Gasteiger partial charge in [0, 0.05) is 26.0 Å². The van der Waals surface area contributed by atoms with Gasteiger partial charge >= 0.3 is 6.18 Å². The number of nitrogens with zero attached hydrogens (tertiary/aromatic N) is 3. The van der Waals surface area contributed by atoms with Crippen molar-refractivity contribution in [3.05, 3.63) is 30.1 Å². The molecular formula is C14H16F3N3O2. The topological polar surface area (TPSA) is 53.5 Å². The summed E-state index contributed by atoms with van der Waals surface area (Å²) in [5.41, 5.74) is 0.692. The number of hydrogen-bond acceptors (Lipinski definition) is 3. The summed E-state index contributed by atoms with van der Waals surface area (Å²) in [4.78, 5) is 30.0. The predicted molar refractivity (Wildman–Crippen MR) is 71.8 cm³/mol. The van der Waals surface area contributed by atoms with Crippen molar-refractivity contribution in [2.24, 2.45) is 0 Å². The van der Waals surface area contributed by atoms with E-state index in [1.54, 1.807) is 18.3 Å². The van der Waals surface area contributed by atoms with Gasteiger partial charge < -0.3 is 9.80 Å². The van der Waals surface area contributed by atoms with Crippen molar-refractivity contribution in [3.63, 3.8) is 0 Å². The second kappa shape index (κ2) is 6.33. The molecule has 2 amide bonds. The van der Waals surface area contributed by atoms with Gasteiger partial charge in [-0.3, -0.25) is 14.6 Å². The molecule has 0 bridgehead atoms. The van der Waals surface area contributed by atoms with E-state index in [1.165, 1.54) is 18.1 Å². The highest BCUT2D eigenvalue weighted by Gasteiger charge is 2.41. The fourth-order valence-electron chi connectivity index (χ4n) is 2.43. The van der Waals surface area contributed by atoms with Crippen LogP contribution in [0, 0.1) is 0 Å². The van der Waals surface area contributed by atoms with E-state index in [-0.39, 0.29) is 25.3 Å². The van der Waals surface area contributed by atoms with Crippen molar-refractivity contribution in [2.75, 3.05) is 20.1 Å². The smallest absolute Gasteiger partial charge is 0.333 e. The number of pyridine rings is 1. The van der Waals surface area contributed by atoms with E-state index in [9.17, 15) is 22.8 Å². The van der Waals surface area contributed by atoms with E-state index in [4.69, 9.17) is 0 Å². The Bertz CT molecular complexity index is 548. The van der Waals surface area contributed by atoms with Crippen LogP contribution in [0.4, 0.5) is 13.2 Å². The summed E-state index contributed by atoms with van der Waals surface area (Å²) in [7, 11) is 1.44. The largest absolute Gasteiger partial charge is 0.406 e. The Morgan fingerprint density at radius 1 is 1.50 bits per heavy atom. The van der Waals surface area contributed by atoms with Crippen molar-refractivity contribution in [2.45, 2.75) is 25.1 Å². The molecule has 1 aliphatic heterocycles. The van der Waals surface area contributed by atoms with Gasteiger partial charge in [-0.1, -0.05) is 6.07 Å². The molecular weight excluding hydrogens is 299 g/mol. The standard InChI is InChI=1S/C14H16F3N3O2/c1-19(12(21)7-10-3-2-5-18-8-10)11-4-6-20(13(11)22)9-14(15,16)17/h2-3,5,8,11H,4,6-7,9H2,1H3. The third-order valence-electron chi connectivity index (χ3n) is 3.58. The molecule has 1 aromatic rings. The normalized spacial score (nSPS) is 18.6. The molecule has 120 valence electrons. The first kappa shape index (κ1) is 16.3. The van der Waals surface area contributed by atoms with Crippen LogP contribution < -0.4 is 0 Å². The number of amides is 2. The quantitative estimate of drug-likeness (QED) is 0.840. The highest BCUT2D eigenvalue weighted by atomic mass is 19.4. The Labute approximate surface area is 125 Å². The second-order valence-corrected chi connectivity index (χ2v) is 5.22. The van der Waals surface area contributed by atoms with Gasteiger partial charge in [-0.25, -0.2) is 0 Å². The average molecular weight is 315 g/mol. The minimum Gasteiger partial charge on any atom is -0.333 e. The van der Waals surface area contributed by atoms with Gasteiger partial charge in [0.25, 0.3) is 0 Å². The summed E-state index contributed by atoms with van der Waals surface area (Å²) in [6.45, 7) is -1.26. The highest BCUT2D eigenvalue weighted by molar-refractivity contribution is 5.89. The first-order chi connectivity index (χ1) is 10.3. The molecule has 0 radical (unpaired) electrons. The third-order valence-corrected chi connectivity index (χ3v) is 3.58. The lowest BCUT2D eigenvalue weighted by Gasteiger charge is -2.24. The lowest BCUT2D eigenvalue weighted by atomic mass is 10.1. The van der Waals surface area contributed by atoms with Crippen LogP contribution in [-0.4, -0.2) is 59.0 Å². The van der Waals surface area contributed by atoms with Crippen molar-refractivity contribution in [1.29, 1.82) is 0 Å². The zero-order chi connectivity index (χ0) is 16.3. The van der Waals surface area contributed by atoms with Crippen LogP contribution in [0.25, 0.3) is 0 Å². The monoisotopic (exact) mass is 315 g/mol. The Morgan fingerprint density at radius 3 is 2.82 bits per heavy atom. The summed E-state index contributed by atoms with van der Waals surface area (Å²) in [5.74, 6) is -0.973. The first-order valence-electron chi connectivity index (χ1n) is 6.78. The van der Waals surface area contributed by atoms with E-state index < -0.39 is 24.7 Å². The van der Waals surface area contributed by atoms with Crippen molar-refractivity contribution >= 4 is 11.8 Å². The average Bonchev–Trinajstić information content (AvgIpc) is 2.78. The highest BCUT2D eigenvalue weighted by Crippen LogP contribution is 2.23. The van der Waals surface area contributed by atoms with E-state index >= 15 is 0 Å². The first-order valence-corrected chi connectivity index (χ1v) is 6.78. The van der Waals surface area contributed by atoms with E-state index in [2.05, 4.69) is 4.98 Å². The van der Waals surface area contributed by atoms with Crippen molar-refractivity contribution in [1.82, 2.24) is 14.8 Å². The van der Waals surface area contributed by atoms with Gasteiger partial charge in [-0.05, 0) is 18.1 Å². The Balaban J connectivity index is 1.97. The number of rotatable bonds is 4. The third kappa shape index (κ3) is 3.96. The maximum atomic E-state index is 12.4. The van der Waals surface area contributed by atoms with Crippen LogP contribution in [-0.2, 0) is 16.0 Å². The number of carbonyl (C=O) groups is 2. The summed E-state index contributed by atoms with van der Waals surface area (Å²) in [6.07, 6.45) is -1.04. The molecule has 1 fully saturated rings. The summed E-state index contributed by atoms with van der Waals surface area (Å²) in [6, 6.07) is 2.59. The zero-order valence-corrected chi connectivity index (χ0v) is 12.0. The van der Waals surface area contributed by atoms with Crippen LogP contribution in [0.2, 0.25) is 0 Å². The fraction of sp³-hybridized carbons (Fsp3) is 0.500. The van der Waals surface area contributed by atoms with Crippen LogP contribution in [0.15, 0.2) is 24.5 Å². The van der Waals surface area contributed by atoms with E-state index in [1.807, 2.05) is 0 Å². The predicted octanol–water partition coefficient (Wildman–Crippen LogP) is 1.25. The molecule has 8 heteroatoms. The Kier molecular flexibility index (Phi) is 4.68. The minimum absolute atomic E-state index is 0.00746. The molecule has 1 aliphatic rings. The van der Waals surface area contributed by atoms with Crippen molar-refractivity contribution < 1.29 is 22.8 Å². The number of aromatic nitrogens is 1. The number of likely N-dealkylation sites (N-methyl/N-ethyl adjacent to an activating group) is 1. The van der Waals surface area contributed by atoms with E-state index in [0.29, 0.717) is 5.56 Å². The Morgan fingerprint density at radius 2 is 2.23 bits per heavy atom. The molecule has 1 atom stereocenters. The van der Waals surface area contributed by atoms with Crippen LogP contribution in [0.1, 0.15) is 12.0 Å². The lowest BCUT2D eigenvalue weighted by molar-refractivity contribution is -0.159. The van der Waals surface area contributed by atoms with Crippen molar-refractivity contribution in [3.8, 4) is 0 Å². The molecule has 1 unspecified atom stereocenters. The molecule has 22 heavy (non-hydrogen) atoms. The van der Waals surface area contributed by atoms with Gasteiger partial charge in [-0.2, -0.15) is 13.2 Å². The summed E-state index contributed by atoms with van der Waals surface area (Å²) in [5, 5.41) is 0. The molecule has 0 aromatic carbocycles. The molecule has 0 saturated carbocycles. The van der Waals surface area contributed by atoms with Gasteiger partial charge in [0.05, 0.1) is 6.42 Å². The Hall–Kier alpha value is -2.12. The SMILES string of the molecule is CN(C(=O)Cc1cccnc1)C1CCN(CC(F)(F)F)C1=O. The van der Waals surface area contributed by atoms with Gasteiger partial charge in [0.2, 0.25) is 11.8 Å². The maximum absolute atomic E-state index is 12.4. The summed E-state index contributed by atoms with van der Waals surface area (Å²) >= 11 is 0.